The van der Waals surface area contributed by atoms with Crippen molar-refractivity contribution in [3.63, 3.8) is 0 Å². The van der Waals surface area contributed by atoms with Crippen LogP contribution < -0.4 is 0 Å². The van der Waals surface area contributed by atoms with Crippen LogP contribution in [0.5, 0.6) is 0 Å². The molecule has 0 amide bonds. The SMILES string of the molecule is CCOC(=O)c1cc(C)[nH]c1-n1c(C)cc(C=O)c1C. The van der Waals surface area contributed by atoms with Crippen LogP contribution >= 0.6 is 0 Å². The van der Waals surface area contributed by atoms with Crippen LogP contribution in [0.25, 0.3) is 5.82 Å². The van der Waals surface area contributed by atoms with Gasteiger partial charge in [-0.05, 0) is 39.8 Å². The first kappa shape index (κ1) is 14.1. The Balaban J connectivity index is 2.61. The summed E-state index contributed by atoms with van der Waals surface area (Å²) in [7, 11) is 0. The van der Waals surface area contributed by atoms with Crippen LogP contribution in [-0.4, -0.2) is 28.4 Å². The van der Waals surface area contributed by atoms with Gasteiger partial charge in [0.2, 0.25) is 0 Å². The number of H-pyrrole nitrogens is 1. The minimum absolute atomic E-state index is 0.325. The molecule has 0 radical (unpaired) electrons. The van der Waals surface area contributed by atoms with Crippen LogP contribution in [0.15, 0.2) is 12.1 Å². The van der Waals surface area contributed by atoms with E-state index in [0.29, 0.717) is 23.6 Å². The first-order valence-electron chi connectivity index (χ1n) is 6.50. The van der Waals surface area contributed by atoms with Crippen molar-refractivity contribution >= 4 is 12.3 Å². The van der Waals surface area contributed by atoms with E-state index in [2.05, 4.69) is 4.98 Å². The van der Waals surface area contributed by atoms with Gasteiger partial charge in [-0.1, -0.05) is 0 Å². The van der Waals surface area contributed by atoms with Crippen LogP contribution in [-0.2, 0) is 4.74 Å². The van der Waals surface area contributed by atoms with Gasteiger partial charge in [0.1, 0.15) is 11.4 Å². The van der Waals surface area contributed by atoms with E-state index in [-0.39, 0.29) is 5.97 Å². The smallest absolute Gasteiger partial charge is 0.341 e. The van der Waals surface area contributed by atoms with Crippen molar-refractivity contribution in [3.8, 4) is 5.82 Å². The van der Waals surface area contributed by atoms with Crippen LogP contribution in [0.1, 0.15) is 44.7 Å². The second-order valence-corrected chi connectivity index (χ2v) is 4.71. The molecule has 0 aliphatic rings. The number of carbonyl (C=O) groups excluding carboxylic acids is 2. The van der Waals surface area contributed by atoms with E-state index >= 15 is 0 Å². The number of ether oxygens (including phenoxy) is 1. The average molecular weight is 274 g/mol. The van der Waals surface area contributed by atoms with Crippen molar-refractivity contribution in [1.29, 1.82) is 0 Å². The predicted octanol–water partition coefficient (Wildman–Crippen LogP) is 2.72. The van der Waals surface area contributed by atoms with Crippen molar-refractivity contribution in [2.45, 2.75) is 27.7 Å². The first-order chi connectivity index (χ1) is 9.49. The fourth-order valence-electron chi connectivity index (χ4n) is 2.37. The number of hydrogen-bond acceptors (Lipinski definition) is 3. The molecule has 0 spiro atoms. The lowest BCUT2D eigenvalue weighted by Crippen LogP contribution is -2.10. The quantitative estimate of drug-likeness (QED) is 0.688. The Hall–Kier alpha value is -2.30. The van der Waals surface area contributed by atoms with Crippen molar-refractivity contribution < 1.29 is 14.3 Å². The Morgan fingerprint density at radius 2 is 2.05 bits per heavy atom. The van der Waals surface area contributed by atoms with E-state index in [1.807, 2.05) is 25.3 Å². The number of aldehydes is 1. The molecule has 0 bridgehead atoms. The summed E-state index contributed by atoms with van der Waals surface area (Å²) in [5, 5.41) is 0. The molecule has 20 heavy (non-hydrogen) atoms. The number of nitrogens with one attached hydrogen (secondary N) is 1. The number of rotatable bonds is 4. The summed E-state index contributed by atoms with van der Waals surface area (Å²) in [5.74, 6) is 0.274. The molecule has 5 nitrogen and oxygen atoms in total. The monoisotopic (exact) mass is 274 g/mol. The van der Waals surface area contributed by atoms with E-state index in [4.69, 9.17) is 4.74 Å². The maximum absolute atomic E-state index is 12.0. The molecule has 2 aromatic heterocycles. The fourth-order valence-corrected chi connectivity index (χ4v) is 2.37. The predicted molar refractivity (Wildman–Crippen MR) is 75.7 cm³/mol. The second-order valence-electron chi connectivity index (χ2n) is 4.71. The maximum Gasteiger partial charge on any atom is 0.341 e. The summed E-state index contributed by atoms with van der Waals surface area (Å²) < 4.78 is 6.94. The molecule has 2 rings (SSSR count). The van der Waals surface area contributed by atoms with Gasteiger partial charge >= 0.3 is 5.97 Å². The van der Waals surface area contributed by atoms with Crippen molar-refractivity contribution in [2.24, 2.45) is 0 Å². The molecule has 106 valence electrons. The lowest BCUT2D eigenvalue weighted by molar-refractivity contribution is 0.0526. The average Bonchev–Trinajstić information content (AvgIpc) is 2.90. The van der Waals surface area contributed by atoms with Crippen LogP contribution in [0.4, 0.5) is 0 Å². The van der Waals surface area contributed by atoms with Gasteiger partial charge < -0.3 is 14.3 Å². The largest absolute Gasteiger partial charge is 0.462 e. The second kappa shape index (κ2) is 5.36. The molecule has 0 unspecified atom stereocenters. The molecular weight excluding hydrogens is 256 g/mol. The van der Waals surface area contributed by atoms with E-state index in [1.165, 1.54) is 0 Å². The highest BCUT2D eigenvalue weighted by atomic mass is 16.5. The van der Waals surface area contributed by atoms with Crippen molar-refractivity contribution in [2.75, 3.05) is 6.61 Å². The van der Waals surface area contributed by atoms with Gasteiger partial charge in [0, 0.05) is 22.6 Å². The Kier molecular flexibility index (Phi) is 3.79. The van der Waals surface area contributed by atoms with Crippen molar-refractivity contribution in [1.82, 2.24) is 9.55 Å². The molecule has 1 N–H and O–H groups in total. The summed E-state index contributed by atoms with van der Waals surface area (Å²) in [6.07, 6.45) is 0.818. The maximum atomic E-state index is 12.0. The Bertz CT molecular complexity index is 665. The van der Waals surface area contributed by atoms with Crippen molar-refractivity contribution in [3.05, 3.63) is 40.3 Å². The van der Waals surface area contributed by atoms with Gasteiger partial charge in [0.05, 0.1) is 6.61 Å². The number of aryl methyl sites for hydroxylation is 2. The van der Waals surface area contributed by atoms with E-state index in [9.17, 15) is 9.59 Å². The van der Waals surface area contributed by atoms with Gasteiger partial charge in [-0.25, -0.2) is 4.79 Å². The summed E-state index contributed by atoms with van der Waals surface area (Å²) >= 11 is 0. The molecule has 0 saturated carbocycles. The normalized spacial score (nSPS) is 10.6. The zero-order chi connectivity index (χ0) is 14.9. The molecule has 0 aliphatic carbocycles. The number of nitrogens with zero attached hydrogens (tertiary/aromatic N) is 1. The van der Waals surface area contributed by atoms with Gasteiger partial charge in [-0.15, -0.1) is 0 Å². The fraction of sp³-hybridized carbons (Fsp3) is 0.333. The third kappa shape index (κ3) is 2.27. The summed E-state index contributed by atoms with van der Waals surface area (Å²) in [6.45, 7) is 7.72. The minimum atomic E-state index is -0.369. The number of aromatic nitrogens is 2. The third-order valence-corrected chi connectivity index (χ3v) is 3.25. The molecular formula is C15H18N2O3. The number of aromatic amines is 1. The Morgan fingerprint density at radius 1 is 1.35 bits per heavy atom. The Morgan fingerprint density at radius 3 is 2.60 bits per heavy atom. The van der Waals surface area contributed by atoms with Crippen LogP contribution in [0.3, 0.4) is 0 Å². The third-order valence-electron chi connectivity index (χ3n) is 3.25. The molecule has 0 atom stereocenters. The molecule has 2 aromatic rings. The van der Waals surface area contributed by atoms with E-state index < -0.39 is 0 Å². The van der Waals surface area contributed by atoms with Crippen LogP contribution in [0.2, 0.25) is 0 Å². The highest BCUT2D eigenvalue weighted by Gasteiger charge is 2.20. The van der Waals surface area contributed by atoms with Gasteiger partial charge in [-0.2, -0.15) is 0 Å². The van der Waals surface area contributed by atoms with E-state index in [0.717, 1.165) is 23.4 Å². The number of carbonyl (C=O) groups is 2. The zero-order valence-corrected chi connectivity index (χ0v) is 12.1. The molecule has 0 fully saturated rings. The molecule has 2 heterocycles. The Labute approximate surface area is 117 Å². The zero-order valence-electron chi connectivity index (χ0n) is 12.1. The molecule has 0 aliphatic heterocycles. The van der Waals surface area contributed by atoms with Gasteiger partial charge in [-0.3, -0.25) is 4.79 Å². The molecule has 0 saturated heterocycles. The minimum Gasteiger partial charge on any atom is -0.462 e. The summed E-state index contributed by atoms with van der Waals surface area (Å²) in [4.78, 5) is 26.2. The standard InChI is InChI=1S/C15H18N2O3/c1-5-20-15(19)13-6-9(2)16-14(13)17-10(3)7-12(8-18)11(17)4/h6-8,16H,5H2,1-4H3. The van der Waals surface area contributed by atoms with E-state index in [1.54, 1.807) is 19.1 Å². The first-order valence-corrected chi connectivity index (χ1v) is 6.50. The highest BCUT2D eigenvalue weighted by Crippen LogP contribution is 2.23. The lowest BCUT2D eigenvalue weighted by Gasteiger charge is -2.10. The summed E-state index contributed by atoms with van der Waals surface area (Å²) in [6, 6.07) is 3.56. The lowest BCUT2D eigenvalue weighted by atomic mass is 10.2. The number of esters is 1. The van der Waals surface area contributed by atoms with Crippen LogP contribution in [0, 0.1) is 20.8 Å². The van der Waals surface area contributed by atoms with Gasteiger partial charge in [0.25, 0.3) is 0 Å². The number of hydrogen-bond donors (Lipinski definition) is 1. The van der Waals surface area contributed by atoms with Gasteiger partial charge in [0.15, 0.2) is 6.29 Å². The molecule has 0 aromatic carbocycles. The topological polar surface area (TPSA) is 64.1 Å². The summed E-state index contributed by atoms with van der Waals surface area (Å²) in [5.41, 5.74) is 3.64. The highest BCUT2D eigenvalue weighted by molar-refractivity contribution is 5.93. The molecule has 5 heteroatoms.